The molecule has 21 heavy (non-hydrogen) atoms. The number of aromatic nitrogens is 1. The lowest BCUT2D eigenvalue weighted by atomic mass is 10.3. The summed E-state index contributed by atoms with van der Waals surface area (Å²) in [6.45, 7) is 0.166. The second kappa shape index (κ2) is 5.76. The molecule has 3 aromatic rings. The van der Waals surface area contributed by atoms with Crippen LogP contribution >= 0.6 is 11.3 Å². The first kappa shape index (κ1) is 13.3. The number of rotatable bonds is 3. The third-order valence-corrected chi connectivity index (χ3v) is 3.68. The molecule has 0 radical (unpaired) electrons. The van der Waals surface area contributed by atoms with Gasteiger partial charge in [-0.2, -0.15) is 0 Å². The molecule has 0 saturated carbocycles. The molecule has 2 aromatic heterocycles. The molecule has 0 aliphatic heterocycles. The number of amides is 2. The van der Waals surface area contributed by atoms with Crippen LogP contribution in [0.2, 0.25) is 0 Å². The zero-order valence-electron chi connectivity index (χ0n) is 10.8. The molecule has 6 nitrogen and oxygen atoms in total. The molecule has 0 atom stereocenters. The number of hydrogen-bond acceptors (Lipinski definition) is 5. The standard InChI is InChI=1S/C14H11N3O3S/c18-12(15-8-9-4-3-7-20-9)13(19)17-14-16-10-5-1-2-6-11(10)21-14/h1-7H,8H2,(H,15,18)(H,16,17,19). The highest BCUT2D eigenvalue weighted by molar-refractivity contribution is 7.22. The zero-order chi connectivity index (χ0) is 14.7. The van der Waals surface area contributed by atoms with E-state index in [1.54, 1.807) is 12.1 Å². The summed E-state index contributed by atoms with van der Waals surface area (Å²) < 4.78 is 6.01. The Bertz CT molecular complexity index is 747. The van der Waals surface area contributed by atoms with Crippen molar-refractivity contribution in [2.24, 2.45) is 0 Å². The van der Waals surface area contributed by atoms with E-state index >= 15 is 0 Å². The molecule has 106 valence electrons. The van der Waals surface area contributed by atoms with Crippen LogP contribution in [0.5, 0.6) is 0 Å². The number of carbonyl (C=O) groups excluding carboxylic acids is 2. The van der Waals surface area contributed by atoms with Gasteiger partial charge < -0.3 is 9.73 Å². The number of furan rings is 1. The number of anilines is 1. The quantitative estimate of drug-likeness (QED) is 0.726. The zero-order valence-corrected chi connectivity index (χ0v) is 11.6. The summed E-state index contributed by atoms with van der Waals surface area (Å²) in [4.78, 5) is 27.7. The van der Waals surface area contributed by atoms with E-state index in [1.165, 1.54) is 17.6 Å². The van der Waals surface area contributed by atoms with E-state index in [1.807, 2.05) is 24.3 Å². The number of para-hydroxylation sites is 1. The van der Waals surface area contributed by atoms with Gasteiger partial charge in [-0.1, -0.05) is 23.5 Å². The Morgan fingerprint density at radius 1 is 1.14 bits per heavy atom. The van der Waals surface area contributed by atoms with E-state index in [0.717, 1.165) is 10.2 Å². The maximum Gasteiger partial charge on any atom is 0.315 e. The average molecular weight is 301 g/mol. The van der Waals surface area contributed by atoms with Gasteiger partial charge in [0.25, 0.3) is 0 Å². The van der Waals surface area contributed by atoms with Gasteiger partial charge in [0.05, 0.1) is 23.0 Å². The lowest BCUT2D eigenvalue weighted by Gasteiger charge is -2.02. The van der Waals surface area contributed by atoms with Gasteiger partial charge in [-0.3, -0.25) is 14.9 Å². The molecule has 2 heterocycles. The molecule has 0 spiro atoms. The summed E-state index contributed by atoms with van der Waals surface area (Å²) in [6.07, 6.45) is 1.50. The highest BCUT2D eigenvalue weighted by Crippen LogP contribution is 2.25. The largest absolute Gasteiger partial charge is 0.467 e. The van der Waals surface area contributed by atoms with Crippen molar-refractivity contribution in [2.75, 3.05) is 5.32 Å². The molecule has 0 aliphatic carbocycles. The molecule has 7 heteroatoms. The van der Waals surface area contributed by atoms with Crippen molar-refractivity contribution in [3.05, 3.63) is 48.4 Å². The molecule has 0 aliphatic rings. The van der Waals surface area contributed by atoms with Crippen LogP contribution in [-0.2, 0) is 16.1 Å². The van der Waals surface area contributed by atoms with Gasteiger partial charge >= 0.3 is 11.8 Å². The van der Waals surface area contributed by atoms with Crippen molar-refractivity contribution < 1.29 is 14.0 Å². The van der Waals surface area contributed by atoms with Crippen molar-refractivity contribution in [1.29, 1.82) is 0 Å². The minimum atomic E-state index is -0.749. The van der Waals surface area contributed by atoms with Crippen LogP contribution in [0.1, 0.15) is 5.76 Å². The fourth-order valence-electron chi connectivity index (χ4n) is 1.74. The minimum Gasteiger partial charge on any atom is -0.467 e. The van der Waals surface area contributed by atoms with Crippen LogP contribution in [0.3, 0.4) is 0 Å². The number of carbonyl (C=O) groups is 2. The average Bonchev–Trinajstić information content (AvgIpc) is 3.13. The van der Waals surface area contributed by atoms with Crippen molar-refractivity contribution in [2.45, 2.75) is 6.54 Å². The monoisotopic (exact) mass is 301 g/mol. The summed E-state index contributed by atoms with van der Waals surface area (Å²) in [6, 6.07) is 10.9. The van der Waals surface area contributed by atoms with Crippen molar-refractivity contribution in [1.82, 2.24) is 10.3 Å². The Morgan fingerprint density at radius 3 is 2.76 bits per heavy atom. The van der Waals surface area contributed by atoms with Crippen LogP contribution in [-0.4, -0.2) is 16.8 Å². The molecule has 0 fully saturated rings. The maximum absolute atomic E-state index is 11.8. The Labute approximate surface area is 123 Å². The minimum absolute atomic E-state index is 0.166. The van der Waals surface area contributed by atoms with Crippen LogP contribution in [0.25, 0.3) is 10.2 Å². The number of fused-ring (bicyclic) bond motifs is 1. The van der Waals surface area contributed by atoms with E-state index in [9.17, 15) is 9.59 Å². The Hall–Kier alpha value is -2.67. The fraction of sp³-hybridized carbons (Fsp3) is 0.0714. The molecule has 3 rings (SSSR count). The second-order valence-corrected chi connectivity index (χ2v) is 5.23. The van der Waals surface area contributed by atoms with Gasteiger partial charge in [0.1, 0.15) is 5.76 Å². The summed E-state index contributed by atoms with van der Waals surface area (Å²) in [5, 5.41) is 5.36. The molecule has 1 aromatic carbocycles. The predicted molar refractivity (Wildman–Crippen MR) is 78.8 cm³/mol. The maximum atomic E-state index is 11.8. The van der Waals surface area contributed by atoms with Crippen LogP contribution in [0.4, 0.5) is 5.13 Å². The summed E-state index contributed by atoms with van der Waals surface area (Å²) >= 11 is 1.32. The van der Waals surface area contributed by atoms with E-state index in [2.05, 4.69) is 15.6 Å². The molecule has 0 unspecified atom stereocenters. The van der Waals surface area contributed by atoms with E-state index < -0.39 is 11.8 Å². The van der Waals surface area contributed by atoms with Crippen LogP contribution < -0.4 is 10.6 Å². The Morgan fingerprint density at radius 2 is 2.00 bits per heavy atom. The van der Waals surface area contributed by atoms with E-state index in [-0.39, 0.29) is 6.54 Å². The van der Waals surface area contributed by atoms with Gasteiger partial charge in [0.2, 0.25) is 0 Å². The van der Waals surface area contributed by atoms with Crippen molar-refractivity contribution >= 4 is 38.5 Å². The summed E-state index contributed by atoms with van der Waals surface area (Å²) in [7, 11) is 0. The third-order valence-electron chi connectivity index (χ3n) is 2.72. The lowest BCUT2D eigenvalue weighted by Crippen LogP contribution is -2.34. The van der Waals surface area contributed by atoms with Gasteiger partial charge in [-0.05, 0) is 24.3 Å². The predicted octanol–water partition coefficient (Wildman–Crippen LogP) is 2.14. The molecule has 2 amide bonds. The van der Waals surface area contributed by atoms with Crippen LogP contribution in [0.15, 0.2) is 47.1 Å². The second-order valence-electron chi connectivity index (χ2n) is 4.20. The van der Waals surface area contributed by atoms with Crippen LogP contribution in [0, 0.1) is 0 Å². The molecular formula is C14H11N3O3S. The fourth-order valence-corrected chi connectivity index (χ4v) is 2.60. The summed E-state index contributed by atoms with van der Waals surface area (Å²) in [5.74, 6) is -0.901. The Balaban J connectivity index is 1.61. The first-order valence-corrected chi connectivity index (χ1v) is 7.01. The molecule has 0 bridgehead atoms. The SMILES string of the molecule is O=C(NCc1ccco1)C(=O)Nc1nc2ccccc2s1. The van der Waals surface area contributed by atoms with Crippen molar-refractivity contribution in [3.63, 3.8) is 0 Å². The number of nitrogens with one attached hydrogen (secondary N) is 2. The molecule has 0 saturated heterocycles. The van der Waals surface area contributed by atoms with Gasteiger partial charge in [-0.25, -0.2) is 4.98 Å². The number of thiazole rings is 1. The molecular weight excluding hydrogens is 290 g/mol. The number of benzene rings is 1. The van der Waals surface area contributed by atoms with Gasteiger partial charge in [0.15, 0.2) is 5.13 Å². The lowest BCUT2D eigenvalue weighted by molar-refractivity contribution is -0.136. The highest BCUT2D eigenvalue weighted by atomic mass is 32.1. The first-order chi connectivity index (χ1) is 10.2. The van der Waals surface area contributed by atoms with E-state index in [0.29, 0.717) is 10.9 Å². The third kappa shape index (κ3) is 3.09. The van der Waals surface area contributed by atoms with Crippen molar-refractivity contribution in [3.8, 4) is 0 Å². The van der Waals surface area contributed by atoms with Gasteiger partial charge in [-0.15, -0.1) is 0 Å². The highest BCUT2D eigenvalue weighted by Gasteiger charge is 2.15. The summed E-state index contributed by atoms with van der Waals surface area (Å²) in [5.41, 5.74) is 0.786. The Kier molecular flexibility index (Phi) is 3.65. The molecule has 2 N–H and O–H groups in total. The van der Waals surface area contributed by atoms with E-state index in [4.69, 9.17) is 4.42 Å². The first-order valence-electron chi connectivity index (χ1n) is 6.19. The van der Waals surface area contributed by atoms with Gasteiger partial charge in [0, 0.05) is 0 Å². The normalized spacial score (nSPS) is 10.5. The number of hydrogen-bond donors (Lipinski definition) is 2. The number of nitrogens with zero attached hydrogens (tertiary/aromatic N) is 1. The topological polar surface area (TPSA) is 84.2 Å². The smallest absolute Gasteiger partial charge is 0.315 e.